The quantitative estimate of drug-likeness (QED) is 0.793. The lowest BCUT2D eigenvalue weighted by atomic mass is 10.0. The minimum Gasteiger partial charge on any atom is -0.300 e. The molecule has 25 heavy (non-hydrogen) atoms. The first kappa shape index (κ1) is 16.0. The molecule has 4 heteroatoms. The van der Waals surface area contributed by atoms with Gasteiger partial charge in [-0.1, -0.05) is 30.3 Å². The second-order valence-electron chi connectivity index (χ2n) is 6.98. The van der Waals surface area contributed by atoms with E-state index in [-0.39, 0.29) is 5.56 Å². The smallest absolute Gasteiger partial charge is 0.264 e. The Morgan fingerprint density at radius 1 is 1.12 bits per heavy atom. The fourth-order valence-electron chi connectivity index (χ4n) is 3.71. The van der Waals surface area contributed by atoms with Crippen molar-refractivity contribution in [2.75, 3.05) is 13.1 Å². The monoisotopic (exact) mass is 333 g/mol. The van der Waals surface area contributed by atoms with Gasteiger partial charge in [-0.05, 0) is 61.2 Å². The van der Waals surface area contributed by atoms with E-state index in [9.17, 15) is 4.79 Å². The van der Waals surface area contributed by atoms with E-state index in [1.165, 1.54) is 41.8 Å². The van der Waals surface area contributed by atoms with Gasteiger partial charge in [-0.3, -0.25) is 4.79 Å². The second kappa shape index (κ2) is 6.81. The molecule has 1 aliphatic rings. The Labute approximate surface area is 147 Å². The Morgan fingerprint density at radius 2 is 1.96 bits per heavy atom. The van der Waals surface area contributed by atoms with Crippen LogP contribution in [0.25, 0.3) is 22.0 Å². The number of likely N-dealkylation sites (tertiary alicyclic amines) is 1. The van der Waals surface area contributed by atoms with E-state index in [0.29, 0.717) is 0 Å². The summed E-state index contributed by atoms with van der Waals surface area (Å²) in [5.41, 5.74) is 3.01. The van der Waals surface area contributed by atoms with Crippen molar-refractivity contribution in [2.45, 2.75) is 32.2 Å². The molecule has 1 fully saturated rings. The average Bonchev–Trinajstić information content (AvgIpc) is 3.05. The largest absolute Gasteiger partial charge is 0.300 e. The highest BCUT2D eigenvalue weighted by Crippen LogP contribution is 2.24. The third-order valence-electron chi connectivity index (χ3n) is 5.26. The standard InChI is InChI=1S/C21H23N3O/c1-15-3-2-11-24(15)12-10-16-4-5-18-14-19(7-6-17(18)13-16)20-8-9-21(25)23-22-20/h4-9,13-15H,2-3,10-12H2,1H3,(H,23,25). The molecule has 1 atom stereocenters. The Balaban J connectivity index is 1.54. The maximum absolute atomic E-state index is 11.2. The van der Waals surface area contributed by atoms with Gasteiger partial charge in [-0.2, -0.15) is 5.10 Å². The van der Waals surface area contributed by atoms with Crippen molar-refractivity contribution in [2.24, 2.45) is 0 Å². The van der Waals surface area contributed by atoms with Crippen LogP contribution in [0, 0.1) is 0 Å². The van der Waals surface area contributed by atoms with Crippen LogP contribution in [0.5, 0.6) is 0 Å². The maximum atomic E-state index is 11.2. The van der Waals surface area contributed by atoms with Gasteiger partial charge >= 0.3 is 0 Å². The highest BCUT2D eigenvalue weighted by molar-refractivity contribution is 5.87. The van der Waals surface area contributed by atoms with Crippen LogP contribution in [0.1, 0.15) is 25.3 Å². The van der Waals surface area contributed by atoms with Gasteiger partial charge < -0.3 is 4.90 Å². The number of hydrogen-bond donors (Lipinski definition) is 1. The highest BCUT2D eigenvalue weighted by Gasteiger charge is 2.19. The zero-order chi connectivity index (χ0) is 17.2. The van der Waals surface area contributed by atoms with E-state index in [4.69, 9.17) is 0 Å². The molecule has 1 aromatic heterocycles. The summed E-state index contributed by atoms with van der Waals surface area (Å²) in [6.07, 6.45) is 3.77. The predicted molar refractivity (Wildman–Crippen MR) is 102 cm³/mol. The first-order chi connectivity index (χ1) is 12.2. The second-order valence-corrected chi connectivity index (χ2v) is 6.98. The lowest BCUT2D eigenvalue weighted by Crippen LogP contribution is -2.28. The van der Waals surface area contributed by atoms with Gasteiger partial charge in [0.15, 0.2) is 0 Å². The maximum Gasteiger partial charge on any atom is 0.264 e. The summed E-state index contributed by atoms with van der Waals surface area (Å²) in [4.78, 5) is 13.8. The molecule has 0 radical (unpaired) electrons. The molecular formula is C21H23N3O. The van der Waals surface area contributed by atoms with Crippen LogP contribution in [0.4, 0.5) is 0 Å². The fourth-order valence-corrected chi connectivity index (χ4v) is 3.71. The molecular weight excluding hydrogens is 310 g/mol. The number of aromatic amines is 1. The van der Waals surface area contributed by atoms with Crippen LogP contribution in [-0.4, -0.2) is 34.2 Å². The molecule has 1 saturated heterocycles. The number of H-pyrrole nitrogens is 1. The van der Waals surface area contributed by atoms with Crippen molar-refractivity contribution in [3.05, 3.63) is 64.4 Å². The summed E-state index contributed by atoms with van der Waals surface area (Å²) in [5, 5.41) is 9.05. The van der Waals surface area contributed by atoms with Gasteiger partial charge in [0.25, 0.3) is 5.56 Å². The number of aromatic nitrogens is 2. The van der Waals surface area contributed by atoms with Crippen LogP contribution in [0.15, 0.2) is 53.3 Å². The molecule has 3 aromatic rings. The number of nitrogens with one attached hydrogen (secondary N) is 1. The van der Waals surface area contributed by atoms with Gasteiger partial charge in [0.05, 0.1) is 5.69 Å². The Bertz CT molecular complexity index is 927. The van der Waals surface area contributed by atoms with Crippen molar-refractivity contribution >= 4 is 10.8 Å². The summed E-state index contributed by atoms with van der Waals surface area (Å²) >= 11 is 0. The van der Waals surface area contributed by atoms with E-state index in [1.54, 1.807) is 6.07 Å². The van der Waals surface area contributed by atoms with E-state index in [2.05, 4.69) is 58.4 Å². The van der Waals surface area contributed by atoms with Crippen molar-refractivity contribution in [3.8, 4) is 11.3 Å². The van der Waals surface area contributed by atoms with E-state index < -0.39 is 0 Å². The van der Waals surface area contributed by atoms with Crippen LogP contribution in [0.2, 0.25) is 0 Å². The molecule has 1 unspecified atom stereocenters. The number of fused-ring (bicyclic) bond motifs is 1. The van der Waals surface area contributed by atoms with E-state index in [0.717, 1.165) is 30.3 Å². The normalized spacial score (nSPS) is 18.0. The first-order valence-corrected chi connectivity index (χ1v) is 9.02. The Hall–Kier alpha value is -2.46. The summed E-state index contributed by atoms with van der Waals surface area (Å²) in [7, 11) is 0. The van der Waals surface area contributed by atoms with Crippen LogP contribution < -0.4 is 5.56 Å². The minimum atomic E-state index is -0.179. The molecule has 0 spiro atoms. The SMILES string of the molecule is CC1CCCN1CCc1ccc2cc(-c3ccc(=O)[nH]n3)ccc2c1. The minimum absolute atomic E-state index is 0.179. The number of nitrogens with zero attached hydrogens (tertiary/aromatic N) is 2. The van der Waals surface area contributed by atoms with Crippen LogP contribution in [-0.2, 0) is 6.42 Å². The van der Waals surface area contributed by atoms with Crippen molar-refractivity contribution < 1.29 is 0 Å². The van der Waals surface area contributed by atoms with Gasteiger partial charge in [0, 0.05) is 24.2 Å². The molecule has 0 amide bonds. The summed E-state index contributed by atoms with van der Waals surface area (Å²) in [5.74, 6) is 0. The van der Waals surface area contributed by atoms with Crippen molar-refractivity contribution in [1.82, 2.24) is 15.1 Å². The lowest BCUT2D eigenvalue weighted by Gasteiger charge is -2.20. The number of rotatable bonds is 4. The Kier molecular flexibility index (Phi) is 4.36. The fraction of sp³-hybridized carbons (Fsp3) is 0.333. The van der Waals surface area contributed by atoms with Gasteiger partial charge in [0.2, 0.25) is 0 Å². The lowest BCUT2D eigenvalue weighted by molar-refractivity contribution is 0.272. The molecule has 0 aliphatic carbocycles. The number of benzene rings is 2. The predicted octanol–water partition coefficient (Wildman–Crippen LogP) is 3.62. The zero-order valence-corrected chi connectivity index (χ0v) is 14.5. The molecule has 128 valence electrons. The highest BCUT2D eigenvalue weighted by atomic mass is 16.1. The average molecular weight is 333 g/mol. The van der Waals surface area contributed by atoms with Crippen molar-refractivity contribution in [3.63, 3.8) is 0 Å². The topological polar surface area (TPSA) is 49.0 Å². The molecule has 2 heterocycles. The molecule has 2 aromatic carbocycles. The van der Waals surface area contributed by atoms with Gasteiger partial charge in [0.1, 0.15) is 0 Å². The number of hydrogen-bond acceptors (Lipinski definition) is 3. The molecule has 1 aliphatic heterocycles. The third kappa shape index (κ3) is 3.49. The summed E-state index contributed by atoms with van der Waals surface area (Å²) in [6.45, 7) is 4.72. The molecule has 1 N–H and O–H groups in total. The van der Waals surface area contributed by atoms with Gasteiger partial charge in [-0.25, -0.2) is 5.10 Å². The van der Waals surface area contributed by atoms with E-state index in [1.807, 2.05) is 0 Å². The molecule has 0 bridgehead atoms. The van der Waals surface area contributed by atoms with Crippen LogP contribution in [0.3, 0.4) is 0 Å². The van der Waals surface area contributed by atoms with Crippen molar-refractivity contribution in [1.29, 1.82) is 0 Å². The Morgan fingerprint density at radius 3 is 2.72 bits per heavy atom. The van der Waals surface area contributed by atoms with Crippen LogP contribution >= 0.6 is 0 Å². The third-order valence-corrected chi connectivity index (χ3v) is 5.26. The summed E-state index contributed by atoms with van der Waals surface area (Å²) < 4.78 is 0. The van der Waals surface area contributed by atoms with E-state index >= 15 is 0 Å². The molecule has 4 rings (SSSR count). The first-order valence-electron chi connectivity index (χ1n) is 9.02. The summed E-state index contributed by atoms with van der Waals surface area (Å²) in [6, 6.07) is 17.0. The van der Waals surface area contributed by atoms with Gasteiger partial charge in [-0.15, -0.1) is 0 Å². The molecule has 4 nitrogen and oxygen atoms in total. The zero-order valence-electron chi connectivity index (χ0n) is 14.5. The molecule has 0 saturated carbocycles.